The molecule has 1 aromatic carbocycles. The molecule has 0 bridgehead atoms. The summed E-state index contributed by atoms with van der Waals surface area (Å²) in [7, 11) is 1.96. The van der Waals surface area contributed by atoms with E-state index in [2.05, 4.69) is 15.6 Å². The Balaban J connectivity index is 1.53. The van der Waals surface area contributed by atoms with Gasteiger partial charge in [0.2, 0.25) is 0 Å². The monoisotopic (exact) mass is 360 g/mol. The Bertz CT molecular complexity index is 829. The van der Waals surface area contributed by atoms with E-state index in [4.69, 9.17) is 11.6 Å². The van der Waals surface area contributed by atoms with Gasteiger partial charge in [0, 0.05) is 26.2 Å². The minimum Gasteiger partial charge on any atom is -0.337 e. The summed E-state index contributed by atoms with van der Waals surface area (Å²) >= 11 is 7.68. The van der Waals surface area contributed by atoms with Gasteiger partial charge in [-0.05, 0) is 23.6 Å². The predicted octanol–water partition coefficient (Wildman–Crippen LogP) is 4.17. The molecule has 0 saturated carbocycles. The number of halogens is 1. The van der Waals surface area contributed by atoms with Crippen LogP contribution in [0.2, 0.25) is 5.02 Å². The number of nitrogens with one attached hydrogen (secondary N) is 2. The van der Waals surface area contributed by atoms with E-state index in [0.29, 0.717) is 23.7 Å². The van der Waals surface area contributed by atoms with Crippen LogP contribution < -0.4 is 10.6 Å². The van der Waals surface area contributed by atoms with Crippen LogP contribution in [-0.4, -0.2) is 22.1 Å². The molecule has 0 aliphatic heterocycles. The molecule has 2 amide bonds. The first kappa shape index (κ1) is 16.5. The first-order valence-corrected chi connectivity index (χ1v) is 8.75. The van der Waals surface area contributed by atoms with Crippen molar-refractivity contribution in [3.63, 3.8) is 0 Å². The lowest BCUT2D eigenvalue weighted by atomic mass is 10.3. The van der Waals surface area contributed by atoms with Crippen LogP contribution in [0, 0.1) is 0 Å². The largest absolute Gasteiger partial charge is 0.337 e. The van der Waals surface area contributed by atoms with Crippen LogP contribution in [0.3, 0.4) is 0 Å². The van der Waals surface area contributed by atoms with Gasteiger partial charge in [-0.2, -0.15) is 0 Å². The first-order valence-electron chi connectivity index (χ1n) is 7.49. The van der Waals surface area contributed by atoms with Crippen molar-refractivity contribution in [1.82, 2.24) is 14.9 Å². The van der Waals surface area contributed by atoms with Gasteiger partial charge in [0.1, 0.15) is 5.82 Å². The number of urea groups is 1. The molecule has 0 aliphatic rings. The van der Waals surface area contributed by atoms with Crippen molar-refractivity contribution in [2.45, 2.75) is 6.42 Å². The van der Waals surface area contributed by atoms with Crippen molar-refractivity contribution in [1.29, 1.82) is 0 Å². The average Bonchev–Trinajstić information content (AvgIpc) is 3.20. The number of rotatable bonds is 5. The van der Waals surface area contributed by atoms with Gasteiger partial charge in [-0.15, -0.1) is 11.3 Å². The lowest BCUT2D eigenvalue weighted by molar-refractivity contribution is 0.252. The molecule has 3 aromatic rings. The lowest BCUT2D eigenvalue weighted by Gasteiger charge is -2.08. The number of hydrogen-bond donors (Lipinski definition) is 2. The van der Waals surface area contributed by atoms with E-state index in [1.807, 2.05) is 47.5 Å². The minimum atomic E-state index is -0.282. The molecule has 0 spiro atoms. The molecule has 0 radical (unpaired) electrons. The summed E-state index contributed by atoms with van der Waals surface area (Å²) < 4.78 is 1.99. The Hall–Kier alpha value is -2.31. The third-order valence-electron chi connectivity index (χ3n) is 3.50. The molecule has 0 saturated heterocycles. The number of aromatic nitrogens is 2. The van der Waals surface area contributed by atoms with Crippen LogP contribution in [0.1, 0.15) is 5.82 Å². The van der Waals surface area contributed by atoms with Gasteiger partial charge in [0.05, 0.1) is 21.3 Å². The van der Waals surface area contributed by atoms with E-state index in [9.17, 15) is 4.79 Å². The van der Waals surface area contributed by atoms with Gasteiger partial charge in [-0.3, -0.25) is 0 Å². The van der Waals surface area contributed by atoms with Crippen molar-refractivity contribution in [2.75, 3.05) is 11.9 Å². The van der Waals surface area contributed by atoms with Crippen LogP contribution in [-0.2, 0) is 13.5 Å². The fraction of sp³-hybridized carbons (Fsp3) is 0.176. The molecular formula is C17H17ClN4OS. The molecule has 2 N–H and O–H groups in total. The summed E-state index contributed by atoms with van der Waals surface area (Å²) in [6.45, 7) is 0.491. The van der Waals surface area contributed by atoms with E-state index in [0.717, 1.165) is 16.4 Å². The quantitative estimate of drug-likeness (QED) is 0.717. The summed E-state index contributed by atoms with van der Waals surface area (Å²) in [4.78, 5) is 17.7. The zero-order valence-corrected chi connectivity index (χ0v) is 14.7. The topological polar surface area (TPSA) is 59.0 Å². The van der Waals surface area contributed by atoms with Crippen molar-refractivity contribution < 1.29 is 4.79 Å². The molecule has 0 unspecified atom stereocenters. The van der Waals surface area contributed by atoms with Crippen LogP contribution >= 0.6 is 22.9 Å². The number of benzene rings is 1. The fourth-order valence-corrected chi connectivity index (χ4v) is 3.16. The number of nitrogens with zero attached hydrogens (tertiary/aromatic N) is 2. The summed E-state index contributed by atoms with van der Waals surface area (Å²) in [6.07, 6.45) is 2.66. The van der Waals surface area contributed by atoms with E-state index in [-0.39, 0.29) is 6.03 Å². The molecule has 24 heavy (non-hydrogen) atoms. The zero-order chi connectivity index (χ0) is 16.9. The third kappa shape index (κ3) is 3.96. The Morgan fingerprint density at radius 1 is 1.29 bits per heavy atom. The Morgan fingerprint density at radius 2 is 2.12 bits per heavy atom. The normalized spacial score (nSPS) is 10.6. The molecule has 2 aromatic heterocycles. The highest BCUT2D eigenvalue weighted by molar-refractivity contribution is 7.13. The Kier molecular flexibility index (Phi) is 5.17. The van der Waals surface area contributed by atoms with E-state index in [1.165, 1.54) is 0 Å². The maximum absolute atomic E-state index is 11.9. The average molecular weight is 361 g/mol. The highest BCUT2D eigenvalue weighted by Crippen LogP contribution is 2.23. The number of carbonyl (C=O) groups excluding carboxylic acids is 1. The van der Waals surface area contributed by atoms with Gasteiger partial charge in [-0.25, -0.2) is 9.78 Å². The number of aryl methyl sites for hydroxylation is 1. The molecule has 3 rings (SSSR count). The molecule has 7 heteroatoms. The number of imidazole rings is 1. The molecule has 0 aliphatic carbocycles. The van der Waals surface area contributed by atoms with Gasteiger partial charge < -0.3 is 15.2 Å². The summed E-state index contributed by atoms with van der Waals surface area (Å²) in [5.41, 5.74) is 1.55. The number of carbonyl (C=O) groups is 1. The molecule has 2 heterocycles. The van der Waals surface area contributed by atoms with Crippen molar-refractivity contribution in [3.8, 4) is 10.6 Å². The van der Waals surface area contributed by atoms with Crippen LogP contribution in [0.5, 0.6) is 0 Å². The standard InChI is InChI=1S/C17H17ClN4OS/c1-22-11-14(15-7-4-10-24-15)20-16(22)8-9-19-17(23)21-13-6-3-2-5-12(13)18/h2-7,10-11H,8-9H2,1H3,(H2,19,21,23). The third-order valence-corrected chi connectivity index (χ3v) is 4.72. The zero-order valence-electron chi connectivity index (χ0n) is 13.1. The second kappa shape index (κ2) is 7.51. The Morgan fingerprint density at radius 3 is 2.88 bits per heavy atom. The van der Waals surface area contributed by atoms with Crippen LogP contribution in [0.15, 0.2) is 48.0 Å². The van der Waals surface area contributed by atoms with Crippen molar-refractivity contribution in [3.05, 3.63) is 58.8 Å². The van der Waals surface area contributed by atoms with E-state index in [1.54, 1.807) is 23.5 Å². The van der Waals surface area contributed by atoms with Crippen LogP contribution in [0.4, 0.5) is 10.5 Å². The van der Waals surface area contributed by atoms with E-state index < -0.39 is 0 Å². The number of thiophene rings is 1. The van der Waals surface area contributed by atoms with Crippen LogP contribution in [0.25, 0.3) is 10.6 Å². The second-order valence-electron chi connectivity index (χ2n) is 5.24. The summed E-state index contributed by atoms with van der Waals surface area (Å²) in [5, 5.41) is 8.09. The summed E-state index contributed by atoms with van der Waals surface area (Å²) in [6, 6.07) is 10.9. The number of anilines is 1. The van der Waals surface area contributed by atoms with Gasteiger partial charge in [-0.1, -0.05) is 29.8 Å². The predicted molar refractivity (Wildman–Crippen MR) is 98.7 cm³/mol. The Labute approximate surface area is 149 Å². The number of amides is 2. The second-order valence-corrected chi connectivity index (χ2v) is 6.60. The SMILES string of the molecule is Cn1cc(-c2cccs2)nc1CCNC(=O)Nc1ccccc1Cl. The molecule has 124 valence electrons. The van der Waals surface area contributed by atoms with E-state index >= 15 is 0 Å². The van der Waals surface area contributed by atoms with Crippen molar-refractivity contribution in [2.24, 2.45) is 7.05 Å². The maximum Gasteiger partial charge on any atom is 0.319 e. The lowest BCUT2D eigenvalue weighted by Crippen LogP contribution is -2.30. The van der Waals surface area contributed by atoms with Gasteiger partial charge in [0.15, 0.2) is 0 Å². The highest BCUT2D eigenvalue weighted by atomic mass is 35.5. The molecule has 0 atom stereocenters. The summed E-state index contributed by atoms with van der Waals surface area (Å²) in [5.74, 6) is 0.927. The smallest absolute Gasteiger partial charge is 0.319 e. The minimum absolute atomic E-state index is 0.282. The molecular weight excluding hydrogens is 344 g/mol. The molecule has 0 fully saturated rings. The maximum atomic E-state index is 11.9. The first-order chi connectivity index (χ1) is 11.6. The molecule has 5 nitrogen and oxygen atoms in total. The number of para-hydroxylation sites is 1. The van der Waals surface area contributed by atoms with Crippen molar-refractivity contribution >= 4 is 34.7 Å². The highest BCUT2D eigenvalue weighted by Gasteiger charge is 2.09. The van der Waals surface area contributed by atoms with Gasteiger partial charge >= 0.3 is 6.03 Å². The number of hydrogen-bond acceptors (Lipinski definition) is 3. The van der Waals surface area contributed by atoms with Gasteiger partial charge in [0.25, 0.3) is 0 Å². The fourth-order valence-electron chi connectivity index (χ4n) is 2.30.